The molecule has 0 unspecified atom stereocenters. The fourth-order valence-corrected chi connectivity index (χ4v) is 6.09. The van der Waals surface area contributed by atoms with Crippen molar-refractivity contribution in [2.75, 3.05) is 7.11 Å². The first-order chi connectivity index (χ1) is 21.3. The number of carbonyl (C=O) groups excluding carboxylic acids is 1. The van der Waals surface area contributed by atoms with Crippen molar-refractivity contribution >= 4 is 27.3 Å². The number of benzene rings is 3. The van der Waals surface area contributed by atoms with Gasteiger partial charge in [0.1, 0.15) is 16.4 Å². The summed E-state index contributed by atoms with van der Waals surface area (Å²) < 4.78 is 27.7. The Balaban J connectivity index is 0.00000240. The molecular formula is C32H26FKN4O6S. The molecule has 0 fully saturated rings. The van der Waals surface area contributed by atoms with E-state index in [9.17, 15) is 19.2 Å². The number of H-pyrrole nitrogens is 1. The number of aromatic amines is 1. The molecule has 0 aliphatic carbocycles. The van der Waals surface area contributed by atoms with Crippen LogP contribution in [0.15, 0.2) is 91.7 Å². The van der Waals surface area contributed by atoms with Gasteiger partial charge in [-0.05, 0) is 53.9 Å². The average Bonchev–Trinajstić information content (AvgIpc) is 3.68. The Morgan fingerprint density at radius 3 is 2.40 bits per heavy atom. The second kappa shape index (κ2) is 13.7. The molecule has 6 rings (SSSR count). The average molecular weight is 653 g/mol. The summed E-state index contributed by atoms with van der Waals surface area (Å²) in [5, 5.41) is 4.04. The number of fused-ring (bicyclic) bond motifs is 1. The molecule has 45 heavy (non-hydrogen) atoms. The number of rotatable bonds is 9. The Morgan fingerprint density at radius 1 is 1.02 bits per heavy atom. The van der Waals surface area contributed by atoms with E-state index < -0.39 is 35.2 Å². The molecule has 0 aliphatic rings. The summed E-state index contributed by atoms with van der Waals surface area (Å²) in [6.07, 6.45) is 0.636. The first-order valence-electron chi connectivity index (χ1n) is 13.6. The normalized spacial score (nSPS) is 11.0. The second-order valence-electron chi connectivity index (χ2n) is 9.99. The number of nitrogens with one attached hydrogen (secondary N) is 1. The number of ketones is 1. The van der Waals surface area contributed by atoms with Crippen molar-refractivity contribution in [3.8, 4) is 28.3 Å². The molecule has 0 saturated heterocycles. The molecule has 0 spiro atoms. The smallest absolute Gasteiger partial charge is 1.00 e. The maximum absolute atomic E-state index is 15.7. The molecule has 3 aromatic carbocycles. The van der Waals surface area contributed by atoms with E-state index in [1.807, 2.05) is 6.92 Å². The van der Waals surface area contributed by atoms with Crippen molar-refractivity contribution in [2.24, 2.45) is 0 Å². The van der Waals surface area contributed by atoms with Gasteiger partial charge in [-0.2, -0.15) is 0 Å². The summed E-state index contributed by atoms with van der Waals surface area (Å²) in [5.74, 6) is -0.936. The fraction of sp³-hybridized carbons (Fsp3) is 0.156. The molecule has 6 aromatic rings. The van der Waals surface area contributed by atoms with Crippen LogP contribution in [-0.2, 0) is 19.5 Å². The molecule has 0 radical (unpaired) electrons. The molecule has 0 atom stereocenters. The zero-order chi connectivity index (χ0) is 31.0. The zero-order valence-electron chi connectivity index (χ0n) is 25.6. The van der Waals surface area contributed by atoms with Gasteiger partial charge in [0.05, 0.1) is 25.6 Å². The number of methoxy groups -OCH3 is 1. The Kier molecular flexibility index (Phi) is 9.96. The number of ether oxygens (including phenoxy) is 1. The molecule has 13 heteroatoms. The van der Waals surface area contributed by atoms with Gasteiger partial charge in [-0.25, -0.2) is 14.0 Å². The maximum Gasteiger partial charge on any atom is 1.00 e. The number of hydrogen-bond donors (Lipinski definition) is 1. The van der Waals surface area contributed by atoms with E-state index in [2.05, 4.69) is 14.7 Å². The van der Waals surface area contributed by atoms with Crippen LogP contribution >= 0.6 is 11.3 Å². The van der Waals surface area contributed by atoms with Crippen molar-refractivity contribution in [1.29, 1.82) is 0 Å². The summed E-state index contributed by atoms with van der Waals surface area (Å²) in [5.41, 5.74) is 0.918. The number of thiophene rings is 1. The molecule has 3 heterocycles. The standard InChI is InChI=1S/C32H25FN4O6S.K.H/c1-3-22-15-25-29(39)36(17-27(38)18-10-12-21(42-2)13-11-18)32(41)37(30(25)44-22)16-20-9-8-19(14-26(20)33)23-6-4-5-7-24(23)28-34-31(40)43-35-28;;/h4-15H,3,16-17H2,1-2H3,(H,34,35,40);;/q;+1;-1. The number of nitrogens with zero attached hydrogens (tertiary/aromatic N) is 3. The number of carbonyl (C=O) groups is 1. The summed E-state index contributed by atoms with van der Waals surface area (Å²) >= 11 is 1.29. The van der Waals surface area contributed by atoms with E-state index in [1.165, 1.54) is 29.1 Å². The largest absolute Gasteiger partial charge is 1.00 e. The third-order valence-corrected chi connectivity index (χ3v) is 8.63. The SMILES string of the molecule is CCc1cc2c(=O)n(CC(=O)c3ccc(OC)cc3)c(=O)n(Cc3ccc(-c4ccccc4-c4noc(=O)[nH]4)cc3F)c2s1.[H-].[K+]. The molecule has 0 aliphatic heterocycles. The fourth-order valence-electron chi connectivity index (χ4n) is 5.02. The topological polar surface area (TPSA) is 129 Å². The van der Waals surface area contributed by atoms with Crippen LogP contribution in [0.1, 0.15) is 29.1 Å². The number of aromatic nitrogens is 4. The molecule has 3 aromatic heterocycles. The van der Waals surface area contributed by atoms with Crippen molar-refractivity contribution in [3.05, 3.63) is 126 Å². The summed E-state index contributed by atoms with van der Waals surface area (Å²) in [7, 11) is 1.51. The summed E-state index contributed by atoms with van der Waals surface area (Å²) in [4.78, 5) is 55.6. The second-order valence-corrected chi connectivity index (χ2v) is 11.1. The minimum absolute atomic E-state index is 0. The van der Waals surface area contributed by atoms with Gasteiger partial charge in [-0.3, -0.25) is 28.2 Å². The predicted octanol–water partition coefficient (Wildman–Crippen LogP) is 1.99. The molecule has 1 N–H and O–H groups in total. The number of aryl methyl sites for hydroxylation is 1. The van der Waals surface area contributed by atoms with Gasteiger partial charge in [0, 0.05) is 21.6 Å². The Hall–Kier alpha value is -3.72. The van der Waals surface area contributed by atoms with E-state index in [-0.39, 0.29) is 70.7 Å². The van der Waals surface area contributed by atoms with Gasteiger partial charge in [0.25, 0.3) is 5.56 Å². The third kappa shape index (κ3) is 6.50. The number of halogens is 1. The summed E-state index contributed by atoms with van der Waals surface area (Å²) in [6.45, 7) is 1.30. The Morgan fingerprint density at radius 2 is 1.76 bits per heavy atom. The van der Waals surface area contributed by atoms with Gasteiger partial charge < -0.3 is 6.16 Å². The predicted molar refractivity (Wildman–Crippen MR) is 165 cm³/mol. The van der Waals surface area contributed by atoms with Crippen LogP contribution in [0.5, 0.6) is 5.75 Å². The zero-order valence-corrected chi connectivity index (χ0v) is 28.6. The van der Waals surface area contributed by atoms with Crippen LogP contribution < -0.4 is 73.1 Å². The first-order valence-corrected chi connectivity index (χ1v) is 14.5. The molecule has 10 nitrogen and oxygen atoms in total. The third-order valence-electron chi connectivity index (χ3n) is 7.32. The van der Waals surface area contributed by atoms with E-state index in [0.29, 0.717) is 44.6 Å². The van der Waals surface area contributed by atoms with Crippen LogP contribution in [0, 0.1) is 5.82 Å². The summed E-state index contributed by atoms with van der Waals surface area (Å²) in [6, 6.07) is 19.7. The molecule has 0 saturated carbocycles. The Labute approximate surface area is 303 Å². The molecular weight excluding hydrogens is 627 g/mol. The van der Waals surface area contributed by atoms with E-state index in [0.717, 1.165) is 9.44 Å². The van der Waals surface area contributed by atoms with Crippen LogP contribution in [0.4, 0.5) is 4.39 Å². The van der Waals surface area contributed by atoms with Crippen molar-refractivity contribution in [1.82, 2.24) is 19.3 Å². The van der Waals surface area contributed by atoms with Crippen LogP contribution in [0.2, 0.25) is 0 Å². The van der Waals surface area contributed by atoms with Gasteiger partial charge in [-0.1, -0.05) is 48.5 Å². The van der Waals surface area contributed by atoms with Gasteiger partial charge in [0.15, 0.2) is 11.6 Å². The van der Waals surface area contributed by atoms with Crippen LogP contribution in [-0.4, -0.2) is 32.2 Å². The van der Waals surface area contributed by atoms with Crippen molar-refractivity contribution in [3.63, 3.8) is 0 Å². The molecule has 224 valence electrons. The molecule has 0 bridgehead atoms. The van der Waals surface area contributed by atoms with Gasteiger partial charge >= 0.3 is 62.8 Å². The monoisotopic (exact) mass is 652 g/mol. The van der Waals surface area contributed by atoms with Gasteiger partial charge in [0.2, 0.25) is 0 Å². The maximum atomic E-state index is 15.7. The minimum atomic E-state index is -0.710. The van der Waals surface area contributed by atoms with E-state index in [1.54, 1.807) is 66.7 Å². The number of hydrogen-bond acceptors (Lipinski definition) is 8. The van der Waals surface area contributed by atoms with Gasteiger partial charge in [-0.15, -0.1) is 11.3 Å². The minimum Gasteiger partial charge on any atom is -1.00 e. The van der Waals surface area contributed by atoms with Crippen LogP contribution in [0.3, 0.4) is 0 Å². The quantitative estimate of drug-likeness (QED) is 0.187. The first kappa shape index (κ1) is 32.7. The van der Waals surface area contributed by atoms with E-state index >= 15 is 4.39 Å². The number of Topliss-reactive ketones (excluding diaryl/α,β-unsaturated/α-hetero) is 1. The van der Waals surface area contributed by atoms with E-state index in [4.69, 9.17) is 4.74 Å². The van der Waals surface area contributed by atoms with Crippen molar-refractivity contribution < 1.29 is 71.3 Å². The Bertz CT molecular complexity index is 2220. The van der Waals surface area contributed by atoms with Crippen LogP contribution in [0.25, 0.3) is 32.7 Å². The van der Waals surface area contributed by atoms with Crippen molar-refractivity contribution in [2.45, 2.75) is 26.4 Å². The molecule has 0 amide bonds.